The summed E-state index contributed by atoms with van der Waals surface area (Å²) in [5.41, 5.74) is 3.16. The Bertz CT molecular complexity index is 1010. The molecule has 0 saturated heterocycles. The predicted molar refractivity (Wildman–Crippen MR) is 108 cm³/mol. The van der Waals surface area contributed by atoms with Crippen molar-refractivity contribution in [3.63, 3.8) is 0 Å². The van der Waals surface area contributed by atoms with Crippen LogP contribution in [0.4, 0.5) is 11.4 Å². The summed E-state index contributed by atoms with van der Waals surface area (Å²) in [4.78, 5) is 20.5. The lowest BCUT2D eigenvalue weighted by Gasteiger charge is -2.23. The number of rotatable bonds is 4. The highest BCUT2D eigenvalue weighted by Crippen LogP contribution is 2.45. The van der Waals surface area contributed by atoms with Crippen molar-refractivity contribution in [1.29, 1.82) is 0 Å². The number of carbonyl (C=O) groups is 1. The van der Waals surface area contributed by atoms with Gasteiger partial charge in [0.15, 0.2) is 16.7 Å². The topological polar surface area (TPSA) is 72.4 Å². The quantitative estimate of drug-likeness (QED) is 0.790. The lowest BCUT2D eigenvalue weighted by atomic mass is 10.1. The number of fused-ring (bicyclic) bond motifs is 4. The van der Waals surface area contributed by atoms with E-state index in [9.17, 15) is 4.79 Å². The molecule has 3 heterocycles. The van der Waals surface area contributed by atoms with Crippen molar-refractivity contribution in [2.75, 3.05) is 37.5 Å². The second-order valence-electron chi connectivity index (χ2n) is 6.65. The molecule has 2 aromatic rings. The predicted octanol–water partition coefficient (Wildman–Crippen LogP) is 3.66. The molecule has 0 aliphatic carbocycles. The van der Waals surface area contributed by atoms with Gasteiger partial charge in [-0.25, -0.2) is 4.79 Å². The van der Waals surface area contributed by atoms with Crippen LogP contribution in [0.15, 0.2) is 40.2 Å². The van der Waals surface area contributed by atoms with Gasteiger partial charge in [0, 0.05) is 29.2 Å². The molecule has 0 amide bonds. The Labute approximate surface area is 166 Å². The summed E-state index contributed by atoms with van der Waals surface area (Å²) in [6.45, 7) is 1.86. The lowest BCUT2D eigenvalue weighted by Crippen LogP contribution is -2.30. The van der Waals surface area contributed by atoms with Gasteiger partial charge in [0.1, 0.15) is 5.56 Å². The molecule has 0 fully saturated rings. The van der Waals surface area contributed by atoms with E-state index >= 15 is 0 Å². The zero-order valence-electron chi connectivity index (χ0n) is 15.5. The fourth-order valence-electron chi connectivity index (χ4n) is 3.76. The van der Waals surface area contributed by atoms with E-state index in [1.54, 1.807) is 24.9 Å². The van der Waals surface area contributed by atoms with Crippen molar-refractivity contribution in [3.05, 3.63) is 41.5 Å². The van der Waals surface area contributed by atoms with Gasteiger partial charge < -0.3 is 24.4 Å². The Kier molecular flexibility index (Phi) is 4.08. The molecule has 3 aliphatic heterocycles. The van der Waals surface area contributed by atoms with Gasteiger partial charge in [0.2, 0.25) is 6.23 Å². The Hall–Kier alpha value is -2.87. The Morgan fingerprint density at radius 1 is 1.25 bits per heavy atom. The minimum absolute atomic E-state index is 0.397. The molecule has 1 N–H and O–H groups in total. The van der Waals surface area contributed by atoms with Crippen molar-refractivity contribution in [3.8, 4) is 11.5 Å². The second-order valence-corrected chi connectivity index (χ2v) is 7.66. The smallest absolute Gasteiger partial charge is 0.344 e. The van der Waals surface area contributed by atoms with E-state index in [2.05, 4.69) is 27.3 Å². The molecule has 1 atom stereocenters. The molecule has 3 aliphatic rings. The van der Waals surface area contributed by atoms with Crippen LogP contribution in [0.1, 0.15) is 28.6 Å². The Balaban J connectivity index is 1.46. The van der Waals surface area contributed by atoms with Gasteiger partial charge in [-0.05, 0) is 48.5 Å². The summed E-state index contributed by atoms with van der Waals surface area (Å²) in [5.74, 6) is 0.476. The van der Waals surface area contributed by atoms with Crippen LogP contribution >= 0.6 is 11.8 Å². The van der Waals surface area contributed by atoms with E-state index in [4.69, 9.17) is 14.2 Å². The van der Waals surface area contributed by atoms with Crippen LogP contribution in [-0.2, 0) is 4.74 Å². The average Bonchev–Trinajstić information content (AvgIpc) is 3.25. The summed E-state index contributed by atoms with van der Waals surface area (Å²) in [7, 11) is 3.06. The number of hydrogen-bond acceptors (Lipinski definition) is 8. The second kappa shape index (κ2) is 6.63. The first-order chi connectivity index (χ1) is 13.7. The number of ether oxygens (including phenoxy) is 3. The van der Waals surface area contributed by atoms with Crippen LogP contribution < -0.4 is 19.7 Å². The summed E-state index contributed by atoms with van der Waals surface area (Å²) in [6, 6.07) is 9.78. The maximum absolute atomic E-state index is 12.5. The van der Waals surface area contributed by atoms with Crippen LogP contribution in [0.5, 0.6) is 11.5 Å². The monoisotopic (exact) mass is 397 g/mol. The SMILES string of the molecule is COc1ccc2c(c1OC)C(=O)O[C@H]2Nc1ccc2c(c1)N1CCCN=C1S2. The molecule has 0 spiro atoms. The summed E-state index contributed by atoms with van der Waals surface area (Å²) in [6.07, 6.45) is 0.472. The summed E-state index contributed by atoms with van der Waals surface area (Å²) in [5, 5.41) is 4.39. The van der Waals surface area contributed by atoms with Gasteiger partial charge in [-0.1, -0.05) is 0 Å². The molecule has 0 aromatic heterocycles. The number of carbonyl (C=O) groups excluding carboxylic acids is 1. The van der Waals surface area contributed by atoms with Crippen LogP contribution in [0.3, 0.4) is 0 Å². The number of cyclic esters (lactones) is 1. The number of methoxy groups -OCH3 is 2. The van der Waals surface area contributed by atoms with Crippen molar-refractivity contribution in [2.45, 2.75) is 17.5 Å². The first kappa shape index (κ1) is 17.2. The van der Waals surface area contributed by atoms with Gasteiger partial charge in [-0.3, -0.25) is 4.99 Å². The Morgan fingerprint density at radius 3 is 2.96 bits per heavy atom. The van der Waals surface area contributed by atoms with Gasteiger partial charge in [-0.15, -0.1) is 0 Å². The van der Waals surface area contributed by atoms with Gasteiger partial charge >= 0.3 is 5.97 Å². The van der Waals surface area contributed by atoms with Crippen LogP contribution in [-0.4, -0.2) is 38.4 Å². The summed E-state index contributed by atoms with van der Waals surface area (Å²) < 4.78 is 16.3. The van der Waals surface area contributed by atoms with E-state index in [1.807, 2.05) is 12.1 Å². The zero-order valence-corrected chi connectivity index (χ0v) is 16.3. The summed E-state index contributed by atoms with van der Waals surface area (Å²) >= 11 is 1.70. The number of anilines is 2. The lowest BCUT2D eigenvalue weighted by molar-refractivity contribution is 0.0435. The number of nitrogens with zero attached hydrogens (tertiary/aromatic N) is 2. The Morgan fingerprint density at radius 2 is 2.14 bits per heavy atom. The number of aliphatic imine (C=N–C) groups is 1. The van der Waals surface area contributed by atoms with Crippen molar-refractivity contribution < 1.29 is 19.0 Å². The van der Waals surface area contributed by atoms with Crippen molar-refractivity contribution in [2.24, 2.45) is 4.99 Å². The standard InChI is InChI=1S/C20H19N3O4S/c1-25-14-6-5-12-16(17(14)26-2)19(24)27-18(12)22-11-4-7-15-13(10-11)23-9-3-8-21-20(23)28-15/h4-7,10,18,22H,3,8-9H2,1-2H3/t18-/m1/s1. The van der Waals surface area contributed by atoms with Crippen molar-refractivity contribution in [1.82, 2.24) is 0 Å². The van der Waals surface area contributed by atoms with E-state index < -0.39 is 12.2 Å². The molecule has 7 nitrogen and oxygen atoms in total. The molecule has 0 saturated carbocycles. The molecule has 144 valence electrons. The average molecular weight is 397 g/mol. The minimum atomic E-state index is -0.580. The first-order valence-electron chi connectivity index (χ1n) is 9.06. The third kappa shape index (κ3) is 2.59. The largest absolute Gasteiger partial charge is 0.493 e. The number of hydrogen-bond donors (Lipinski definition) is 1. The van der Waals surface area contributed by atoms with E-state index in [1.165, 1.54) is 12.0 Å². The highest BCUT2D eigenvalue weighted by Gasteiger charge is 2.36. The fourth-order valence-corrected chi connectivity index (χ4v) is 4.82. The number of amidine groups is 1. The molecule has 0 unspecified atom stereocenters. The first-order valence-corrected chi connectivity index (χ1v) is 9.87. The van der Waals surface area contributed by atoms with Gasteiger partial charge in [0.25, 0.3) is 0 Å². The van der Waals surface area contributed by atoms with E-state index in [0.717, 1.165) is 41.6 Å². The van der Waals surface area contributed by atoms with Crippen LogP contribution in [0, 0.1) is 0 Å². The van der Waals surface area contributed by atoms with Gasteiger partial charge in [-0.2, -0.15) is 0 Å². The van der Waals surface area contributed by atoms with E-state index in [0.29, 0.717) is 17.1 Å². The normalized spacial score (nSPS) is 19.4. The maximum Gasteiger partial charge on any atom is 0.344 e. The number of thioether (sulfide) groups is 1. The van der Waals surface area contributed by atoms with Crippen LogP contribution in [0.2, 0.25) is 0 Å². The molecule has 0 bridgehead atoms. The highest BCUT2D eigenvalue weighted by atomic mass is 32.2. The molecule has 8 heteroatoms. The number of esters is 1. The van der Waals surface area contributed by atoms with Crippen LogP contribution in [0.25, 0.3) is 0 Å². The third-order valence-electron chi connectivity index (χ3n) is 5.06. The van der Waals surface area contributed by atoms with E-state index in [-0.39, 0.29) is 0 Å². The molecular formula is C20H19N3O4S. The fraction of sp³-hybridized carbons (Fsp3) is 0.300. The third-order valence-corrected chi connectivity index (χ3v) is 6.15. The zero-order chi connectivity index (χ0) is 19.3. The molecular weight excluding hydrogens is 378 g/mol. The number of nitrogens with one attached hydrogen (secondary N) is 1. The molecule has 2 aromatic carbocycles. The maximum atomic E-state index is 12.5. The molecule has 28 heavy (non-hydrogen) atoms. The highest BCUT2D eigenvalue weighted by molar-refractivity contribution is 8.14. The van der Waals surface area contributed by atoms with Gasteiger partial charge in [0.05, 0.1) is 19.9 Å². The van der Waals surface area contributed by atoms with Crippen molar-refractivity contribution >= 4 is 34.3 Å². The minimum Gasteiger partial charge on any atom is -0.493 e. The molecule has 0 radical (unpaired) electrons. The number of benzene rings is 2. The molecule has 5 rings (SSSR count).